The number of aromatic nitrogens is 1. The van der Waals surface area contributed by atoms with Gasteiger partial charge in [0, 0.05) is 25.0 Å². The van der Waals surface area contributed by atoms with Gasteiger partial charge in [-0.15, -0.1) is 0 Å². The largest absolute Gasteiger partial charge is 0.355 e. The molecular weight excluding hydrogens is 214 g/mol. The number of hydrogen-bond acceptors (Lipinski definition) is 2. The molecular formula is C13H23N3O. The lowest BCUT2D eigenvalue weighted by Gasteiger charge is -2.07. The predicted molar refractivity (Wildman–Crippen MR) is 69.6 cm³/mol. The highest BCUT2D eigenvalue weighted by molar-refractivity contribution is 5.75. The Balaban J connectivity index is 2.47. The van der Waals surface area contributed by atoms with E-state index in [0.717, 1.165) is 31.4 Å². The molecule has 4 heteroatoms. The standard InChI is InChI=1S/C13H23N3O/c1-3-5-12(14)11-6-8-16(9-11)10-13(17)15-7-4-2/h6,8-9,12H,3-5,7,10,14H2,1-2H3,(H,15,17). The summed E-state index contributed by atoms with van der Waals surface area (Å²) in [5.74, 6) is 0.0538. The number of rotatable bonds is 7. The Labute approximate surface area is 103 Å². The van der Waals surface area contributed by atoms with Crippen molar-refractivity contribution in [3.63, 3.8) is 0 Å². The fraction of sp³-hybridized carbons (Fsp3) is 0.615. The van der Waals surface area contributed by atoms with Crippen molar-refractivity contribution in [3.05, 3.63) is 24.0 Å². The van der Waals surface area contributed by atoms with Crippen molar-refractivity contribution in [3.8, 4) is 0 Å². The minimum absolute atomic E-state index is 0.0538. The van der Waals surface area contributed by atoms with Gasteiger partial charge < -0.3 is 15.6 Å². The number of nitrogens with two attached hydrogens (primary N) is 1. The smallest absolute Gasteiger partial charge is 0.239 e. The third kappa shape index (κ3) is 4.61. The second kappa shape index (κ2) is 7.12. The molecule has 0 spiro atoms. The van der Waals surface area contributed by atoms with Crippen molar-refractivity contribution >= 4 is 5.91 Å². The van der Waals surface area contributed by atoms with Gasteiger partial charge in [-0.2, -0.15) is 0 Å². The molecule has 0 saturated carbocycles. The maximum absolute atomic E-state index is 11.5. The molecule has 0 aliphatic rings. The number of hydrogen-bond donors (Lipinski definition) is 2. The van der Waals surface area contributed by atoms with Crippen LogP contribution in [0.15, 0.2) is 18.5 Å². The zero-order valence-electron chi connectivity index (χ0n) is 10.8. The Hall–Kier alpha value is -1.29. The van der Waals surface area contributed by atoms with Crippen molar-refractivity contribution < 1.29 is 4.79 Å². The minimum Gasteiger partial charge on any atom is -0.355 e. The maximum Gasteiger partial charge on any atom is 0.239 e. The highest BCUT2D eigenvalue weighted by atomic mass is 16.1. The molecule has 1 heterocycles. The van der Waals surface area contributed by atoms with E-state index >= 15 is 0 Å². The van der Waals surface area contributed by atoms with Gasteiger partial charge in [-0.05, 0) is 24.5 Å². The Morgan fingerprint density at radius 1 is 1.47 bits per heavy atom. The van der Waals surface area contributed by atoms with Gasteiger partial charge in [-0.25, -0.2) is 0 Å². The molecule has 0 aromatic carbocycles. The molecule has 0 bridgehead atoms. The number of amides is 1. The topological polar surface area (TPSA) is 60.0 Å². The summed E-state index contributed by atoms with van der Waals surface area (Å²) in [6.07, 6.45) is 6.89. The van der Waals surface area contributed by atoms with E-state index in [9.17, 15) is 4.79 Å². The van der Waals surface area contributed by atoms with Crippen LogP contribution in [0, 0.1) is 0 Å². The lowest BCUT2D eigenvalue weighted by molar-refractivity contribution is -0.121. The van der Waals surface area contributed by atoms with Gasteiger partial charge in [0.1, 0.15) is 6.54 Å². The van der Waals surface area contributed by atoms with E-state index in [-0.39, 0.29) is 11.9 Å². The molecule has 0 saturated heterocycles. The summed E-state index contributed by atoms with van der Waals surface area (Å²) in [7, 11) is 0. The lowest BCUT2D eigenvalue weighted by Crippen LogP contribution is -2.27. The summed E-state index contributed by atoms with van der Waals surface area (Å²) in [6.45, 7) is 5.27. The summed E-state index contributed by atoms with van der Waals surface area (Å²) in [5, 5.41) is 2.85. The van der Waals surface area contributed by atoms with Crippen molar-refractivity contribution in [2.45, 2.75) is 45.7 Å². The fourth-order valence-corrected chi connectivity index (χ4v) is 1.74. The molecule has 0 aliphatic heterocycles. The molecule has 4 nitrogen and oxygen atoms in total. The van der Waals surface area contributed by atoms with Crippen LogP contribution in [0.3, 0.4) is 0 Å². The summed E-state index contributed by atoms with van der Waals surface area (Å²) < 4.78 is 1.88. The van der Waals surface area contributed by atoms with Gasteiger partial charge in [0.05, 0.1) is 0 Å². The van der Waals surface area contributed by atoms with Crippen LogP contribution in [0.5, 0.6) is 0 Å². The minimum atomic E-state index is 0.0538. The van der Waals surface area contributed by atoms with Crippen LogP contribution in [0.2, 0.25) is 0 Å². The van der Waals surface area contributed by atoms with Crippen LogP contribution in [-0.2, 0) is 11.3 Å². The van der Waals surface area contributed by atoms with Crippen LogP contribution < -0.4 is 11.1 Å². The summed E-state index contributed by atoms with van der Waals surface area (Å²) in [5.41, 5.74) is 7.12. The Morgan fingerprint density at radius 3 is 2.88 bits per heavy atom. The first kappa shape index (κ1) is 13.8. The fourth-order valence-electron chi connectivity index (χ4n) is 1.74. The van der Waals surface area contributed by atoms with Crippen molar-refractivity contribution in [2.24, 2.45) is 5.73 Å². The quantitative estimate of drug-likeness (QED) is 0.760. The second-order valence-corrected chi connectivity index (χ2v) is 4.36. The third-order valence-electron chi connectivity index (χ3n) is 2.70. The first-order chi connectivity index (χ1) is 8.17. The zero-order chi connectivity index (χ0) is 12.7. The maximum atomic E-state index is 11.5. The van der Waals surface area contributed by atoms with Gasteiger partial charge in [0.25, 0.3) is 0 Å². The summed E-state index contributed by atoms with van der Waals surface area (Å²) in [4.78, 5) is 11.5. The van der Waals surface area contributed by atoms with Crippen molar-refractivity contribution in [1.82, 2.24) is 9.88 Å². The molecule has 96 valence electrons. The van der Waals surface area contributed by atoms with Crippen molar-refractivity contribution in [1.29, 1.82) is 0 Å². The van der Waals surface area contributed by atoms with Gasteiger partial charge in [0.15, 0.2) is 0 Å². The van der Waals surface area contributed by atoms with E-state index in [4.69, 9.17) is 5.73 Å². The molecule has 1 rings (SSSR count). The Kier molecular flexibility index (Phi) is 5.77. The van der Waals surface area contributed by atoms with Crippen LogP contribution in [0.4, 0.5) is 0 Å². The predicted octanol–water partition coefficient (Wildman–Crippen LogP) is 1.81. The molecule has 3 N–H and O–H groups in total. The summed E-state index contributed by atoms with van der Waals surface area (Å²) in [6, 6.07) is 2.08. The molecule has 0 aliphatic carbocycles. The van der Waals surface area contributed by atoms with Crippen LogP contribution in [0.1, 0.15) is 44.7 Å². The van der Waals surface area contributed by atoms with E-state index in [1.165, 1.54) is 0 Å². The van der Waals surface area contributed by atoms with E-state index in [0.29, 0.717) is 6.54 Å². The van der Waals surface area contributed by atoms with Gasteiger partial charge in [0.2, 0.25) is 5.91 Å². The average molecular weight is 237 g/mol. The molecule has 1 atom stereocenters. The van der Waals surface area contributed by atoms with Crippen LogP contribution >= 0.6 is 0 Å². The van der Waals surface area contributed by atoms with Crippen LogP contribution in [-0.4, -0.2) is 17.0 Å². The third-order valence-corrected chi connectivity index (χ3v) is 2.70. The van der Waals surface area contributed by atoms with Gasteiger partial charge >= 0.3 is 0 Å². The summed E-state index contributed by atoms with van der Waals surface area (Å²) >= 11 is 0. The molecule has 17 heavy (non-hydrogen) atoms. The van der Waals surface area contributed by atoms with Crippen molar-refractivity contribution in [2.75, 3.05) is 6.54 Å². The average Bonchev–Trinajstić information content (AvgIpc) is 2.75. The monoisotopic (exact) mass is 237 g/mol. The molecule has 1 amide bonds. The van der Waals surface area contributed by atoms with Crippen LogP contribution in [0.25, 0.3) is 0 Å². The van der Waals surface area contributed by atoms with Gasteiger partial charge in [-0.3, -0.25) is 4.79 Å². The number of carbonyl (C=O) groups excluding carboxylic acids is 1. The number of nitrogens with one attached hydrogen (secondary N) is 1. The van der Waals surface area contributed by atoms with E-state index < -0.39 is 0 Å². The first-order valence-corrected chi connectivity index (χ1v) is 6.35. The molecule has 1 aromatic rings. The lowest BCUT2D eigenvalue weighted by atomic mass is 10.1. The number of carbonyl (C=O) groups is 1. The Bertz CT molecular complexity index is 346. The second-order valence-electron chi connectivity index (χ2n) is 4.36. The SMILES string of the molecule is CCCNC(=O)Cn1ccc(C(N)CCC)c1. The van der Waals surface area contributed by atoms with E-state index in [1.807, 2.05) is 30.0 Å². The highest BCUT2D eigenvalue weighted by Gasteiger charge is 2.07. The number of nitrogens with zero attached hydrogens (tertiary/aromatic N) is 1. The van der Waals surface area contributed by atoms with Gasteiger partial charge in [-0.1, -0.05) is 20.3 Å². The molecule has 0 fully saturated rings. The molecule has 1 aromatic heterocycles. The Morgan fingerprint density at radius 2 is 2.24 bits per heavy atom. The first-order valence-electron chi connectivity index (χ1n) is 6.35. The normalized spacial score (nSPS) is 12.4. The molecule has 0 radical (unpaired) electrons. The van der Waals surface area contributed by atoms with E-state index in [1.54, 1.807) is 0 Å². The highest BCUT2D eigenvalue weighted by Crippen LogP contribution is 2.15. The molecule has 1 unspecified atom stereocenters. The van der Waals surface area contributed by atoms with E-state index in [2.05, 4.69) is 12.2 Å². The zero-order valence-corrected chi connectivity index (χ0v) is 10.8.